The van der Waals surface area contributed by atoms with Gasteiger partial charge in [-0.2, -0.15) is 0 Å². The van der Waals surface area contributed by atoms with Crippen molar-refractivity contribution in [3.63, 3.8) is 0 Å². The summed E-state index contributed by atoms with van der Waals surface area (Å²) in [6, 6.07) is 0.473. The maximum absolute atomic E-state index is 12.3. The van der Waals surface area contributed by atoms with Gasteiger partial charge in [0, 0.05) is 25.0 Å². The molecular weight excluding hydrogens is 204 g/mol. The third kappa shape index (κ3) is 2.74. The molecule has 1 amide bonds. The lowest BCUT2D eigenvalue weighted by atomic mass is 9.92. The van der Waals surface area contributed by atoms with Gasteiger partial charge in [0.05, 0.1) is 12.7 Å². The van der Waals surface area contributed by atoms with E-state index in [0.717, 1.165) is 32.5 Å². The van der Waals surface area contributed by atoms with Crippen LogP contribution in [0.4, 0.5) is 0 Å². The number of piperidine rings is 1. The predicted octanol–water partition coefficient (Wildman–Crippen LogP) is 0.622. The van der Waals surface area contributed by atoms with Crippen LogP contribution in [0.5, 0.6) is 0 Å². The van der Waals surface area contributed by atoms with Crippen LogP contribution in [0.15, 0.2) is 0 Å². The van der Waals surface area contributed by atoms with Gasteiger partial charge in [0.15, 0.2) is 0 Å². The lowest BCUT2D eigenvalue weighted by Gasteiger charge is -2.36. The van der Waals surface area contributed by atoms with Crippen LogP contribution in [0.2, 0.25) is 0 Å². The average Bonchev–Trinajstić information content (AvgIpc) is 2.28. The monoisotopic (exact) mass is 226 g/mol. The Morgan fingerprint density at radius 3 is 2.94 bits per heavy atom. The van der Waals surface area contributed by atoms with E-state index < -0.39 is 0 Å². The van der Waals surface area contributed by atoms with E-state index in [9.17, 15) is 4.79 Å². The number of ether oxygens (including phenoxy) is 1. The summed E-state index contributed by atoms with van der Waals surface area (Å²) in [6.07, 6.45) is 2.15. The Balaban J connectivity index is 1.90. The Kier molecular flexibility index (Phi) is 3.82. The molecule has 92 valence electrons. The van der Waals surface area contributed by atoms with Gasteiger partial charge in [-0.3, -0.25) is 4.79 Å². The van der Waals surface area contributed by atoms with Crippen molar-refractivity contribution in [2.24, 2.45) is 5.92 Å². The van der Waals surface area contributed by atoms with Crippen molar-refractivity contribution in [3.05, 3.63) is 0 Å². The fourth-order valence-corrected chi connectivity index (χ4v) is 2.63. The maximum atomic E-state index is 12.3. The second-order valence-electron chi connectivity index (χ2n) is 5.04. The molecule has 4 nitrogen and oxygen atoms in total. The van der Waals surface area contributed by atoms with Gasteiger partial charge in [-0.1, -0.05) is 0 Å². The van der Waals surface area contributed by atoms with E-state index in [4.69, 9.17) is 4.74 Å². The Morgan fingerprint density at radius 1 is 1.44 bits per heavy atom. The highest BCUT2D eigenvalue weighted by Crippen LogP contribution is 2.20. The number of nitrogens with one attached hydrogen (secondary N) is 1. The zero-order valence-corrected chi connectivity index (χ0v) is 10.2. The number of carbonyl (C=O) groups is 1. The SMILES string of the molecule is CC1CN(C(=O)[C@H]2CCN[C@@H](C)C2)CCO1. The molecule has 0 aromatic rings. The molecule has 0 aromatic heterocycles. The van der Waals surface area contributed by atoms with Crippen LogP contribution in [-0.2, 0) is 9.53 Å². The van der Waals surface area contributed by atoms with E-state index in [1.165, 1.54) is 0 Å². The average molecular weight is 226 g/mol. The van der Waals surface area contributed by atoms with E-state index >= 15 is 0 Å². The fourth-order valence-electron chi connectivity index (χ4n) is 2.63. The van der Waals surface area contributed by atoms with E-state index in [1.807, 2.05) is 11.8 Å². The lowest BCUT2D eigenvalue weighted by molar-refractivity contribution is -0.143. The van der Waals surface area contributed by atoms with Crippen molar-refractivity contribution >= 4 is 5.91 Å². The molecule has 0 saturated carbocycles. The van der Waals surface area contributed by atoms with E-state index in [2.05, 4.69) is 12.2 Å². The van der Waals surface area contributed by atoms with Crippen molar-refractivity contribution in [1.29, 1.82) is 0 Å². The number of hydrogen-bond acceptors (Lipinski definition) is 3. The van der Waals surface area contributed by atoms with Gasteiger partial charge in [-0.05, 0) is 33.2 Å². The molecule has 0 bridgehead atoms. The molecule has 0 radical (unpaired) electrons. The van der Waals surface area contributed by atoms with Crippen LogP contribution in [0, 0.1) is 5.92 Å². The van der Waals surface area contributed by atoms with Crippen LogP contribution in [-0.4, -0.2) is 49.2 Å². The molecule has 1 unspecified atom stereocenters. The largest absolute Gasteiger partial charge is 0.375 e. The smallest absolute Gasteiger partial charge is 0.225 e. The summed E-state index contributed by atoms with van der Waals surface area (Å²) >= 11 is 0. The number of amides is 1. The summed E-state index contributed by atoms with van der Waals surface area (Å²) < 4.78 is 5.46. The Hall–Kier alpha value is -0.610. The van der Waals surface area contributed by atoms with Gasteiger partial charge in [-0.15, -0.1) is 0 Å². The first-order chi connectivity index (χ1) is 7.66. The van der Waals surface area contributed by atoms with Crippen LogP contribution in [0.1, 0.15) is 26.7 Å². The van der Waals surface area contributed by atoms with Gasteiger partial charge in [0.2, 0.25) is 5.91 Å². The van der Waals surface area contributed by atoms with Gasteiger partial charge in [0.25, 0.3) is 0 Å². The van der Waals surface area contributed by atoms with Crippen LogP contribution in [0.3, 0.4) is 0 Å². The number of nitrogens with zero attached hydrogens (tertiary/aromatic N) is 1. The van der Waals surface area contributed by atoms with Crippen LogP contribution >= 0.6 is 0 Å². The molecule has 1 N–H and O–H groups in total. The van der Waals surface area contributed by atoms with Crippen LogP contribution < -0.4 is 5.32 Å². The van der Waals surface area contributed by atoms with E-state index in [-0.39, 0.29) is 12.0 Å². The molecule has 2 aliphatic heterocycles. The molecule has 3 atom stereocenters. The van der Waals surface area contributed by atoms with E-state index in [0.29, 0.717) is 18.6 Å². The lowest BCUT2D eigenvalue weighted by Crippen LogP contribution is -2.49. The molecular formula is C12H22N2O2. The van der Waals surface area contributed by atoms with Crippen molar-refractivity contribution in [3.8, 4) is 0 Å². The van der Waals surface area contributed by atoms with Gasteiger partial charge >= 0.3 is 0 Å². The molecule has 4 heteroatoms. The highest BCUT2D eigenvalue weighted by Gasteiger charge is 2.30. The minimum atomic E-state index is 0.192. The zero-order valence-electron chi connectivity index (χ0n) is 10.2. The number of rotatable bonds is 1. The number of hydrogen-bond donors (Lipinski definition) is 1. The summed E-state index contributed by atoms with van der Waals surface area (Å²) in [5.41, 5.74) is 0. The standard InChI is InChI=1S/C12H22N2O2/c1-9-7-11(3-4-13-9)12(15)14-5-6-16-10(2)8-14/h9-11,13H,3-8H2,1-2H3/t9-,10?,11-/m0/s1. The minimum Gasteiger partial charge on any atom is -0.375 e. The number of morpholine rings is 1. The van der Waals surface area contributed by atoms with Crippen molar-refractivity contribution < 1.29 is 9.53 Å². The summed E-state index contributed by atoms with van der Waals surface area (Å²) in [4.78, 5) is 14.3. The molecule has 2 saturated heterocycles. The summed E-state index contributed by atoms with van der Waals surface area (Å²) in [7, 11) is 0. The first-order valence-electron chi connectivity index (χ1n) is 6.30. The third-order valence-corrected chi connectivity index (χ3v) is 3.53. The second-order valence-corrected chi connectivity index (χ2v) is 5.04. The summed E-state index contributed by atoms with van der Waals surface area (Å²) in [5, 5.41) is 3.38. The molecule has 0 aromatic carbocycles. The number of carbonyl (C=O) groups excluding carboxylic acids is 1. The molecule has 0 spiro atoms. The Labute approximate surface area is 97.3 Å². The van der Waals surface area contributed by atoms with Crippen molar-refractivity contribution in [2.75, 3.05) is 26.2 Å². The minimum absolute atomic E-state index is 0.192. The zero-order chi connectivity index (χ0) is 11.5. The van der Waals surface area contributed by atoms with Gasteiger partial charge in [0.1, 0.15) is 0 Å². The second kappa shape index (κ2) is 5.15. The molecule has 2 heterocycles. The molecule has 0 aliphatic carbocycles. The first-order valence-corrected chi connectivity index (χ1v) is 6.30. The van der Waals surface area contributed by atoms with Gasteiger partial charge < -0.3 is 15.0 Å². The molecule has 2 rings (SSSR count). The molecule has 16 heavy (non-hydrogen) atoms. The molecule has 2 aliphatic rings. The van der Waals surface area contributed by atoms with Crippen molar-refractivity contribution in [1.82, 2.24) is 10.2 Å². The van der Waals surface area contributed by atoms with Crippen LogP contribution in [0.25, 0.3) is 0 Å². The van der Waals surface area contributed by atoms with E-state index in [1.54, 1.807) is 0 Å². The summed E-state index contributed by atoms with van der Waals surface area (Å²) in [5.74, 6) is 0.560. The highest BCUT2D eigenvalue weighted by molar-refractivity contribution is 5.79. The highest BCUT2D eigenvalue weighted by atomic mass is 16.5. The third-order valence-electron chi connectivity index (χ3n) is 3.53. The first kappa shape index (κ1) is 11.9. The summed E-state index contributed by atoms with van der Waals surface area (Å²) in [6.45, 7) is 7.37. The molecule has 2 fully saturated rings. The quantitative estimate of drug-likeness (QED) is 0.713. The maximum Gasteiger partial charge on any atom is 0.225 e. The fraction of sp³-hybridized carbons (Fsp3) is 0.917. The normalized spacial score (nSPS) is 36.1. The predicted molar refractivity (Wildman–Crippen MR) is 62.2 cm³/mol. The topological polar surface area (TPSA) is 41.6 Å². The van der Waals surface area contributed by atoms with Gasteiger partial charge in [-0.25, -0.2) is 0 Å². The Bertz CT molecular complexity index is 233. The van der Waals surface area contributed by atoms with Crippen molar-refractivity contribution in [2.45, 2.75) is 38.8 Å². The Morgan fingerprint density at radius 2 is 2.25 bits per heavy atom.